The van der Waals surface area contributed by atoms with E-state index in [1.54, 1.807) is 0 Å². The van der Waals surface area contributed by atoms with E-state index in [4.69, 9.17) is 0 Å². The van der Waals surface area contributed by atoms with Crippen LogP contribution in [0.4, 0.5) is 0 Å². The molecule has 0 amide bonds. The number of nitrogens with one attached hydrogen (secondary N) is 1. The Labute approximate surface area is 124 Å². The molecule has 3 heteroatoms. The molecule has 0 saturated carbocycles. The third kappa shape index (κ3) is 7.63. The second-order valence-corrected chi connectivity index (χ2v) is 12.0. The first-order valence-electron chi connectivity index (χ1n) is 7.57. The Kier molecular flexibility index (Phi) is 7.81. The number of allylic oxidation sites excluding steroid dienone is 2. The molecule has 0 aliphatic heterocycles. The predicted molar refractivity (Wildman–Crippen MR) is 90.8 cm³/mol. The molecular weight excluding hydrogens is 262 g/mol. The summed E-state index contributed by atoms with van der Waals surface area (Å²) in [6, 6.07) is 11.5. The Balaban J connectivity index is 2.20. The number of rotatable bonds is 9. The van der Waals surface area contributed by atoms with Crippen LogP contribution in [-0.4, -0.2) is 26.3 Å². The lowest BCUT2D eigenvalue weighted by Crippen LogP contribution is -2.25. The molecule has 1 rings (SSSR count). The predicted octanol–water partition coefficient (Wildman–Crippen LogP) is 3.98. The third-order valence-corrected chi connectivity index (χ3v) is 4.68. The lowest BCUT2D eigenvalue weighted by molar-refractivity contribution is 0.244. The highest BCUT2D eigenvalue weighted by Crippen LogP contribution is 2.12. The first kappa shape index (κ1) is 17.1. The molecule has 0 spiro atoms. The van der Waals surface area contributed by atoms with Crippen LogP contribution >= 0.6 is 0 Å². The van der Waals surface area contributed by atoms with Gasteiger partial charge in [0.05, 0.1) is 12.6 Å². The van der Waals surface area contributed by atoms with E-state index >= 15 is 0 Å². The number of hydrogen-bond donors (Lipinski definition) is 2. The topological polar surface area (TPSA) is 32.3 Å². The van der Waals surface area contributed by atoms with Gasteiger partial charge in [-0.05, 0) is 31.0 Å². The van der Waals surface area contributed by atoms with E-state index in [1.165, 1.54) is 6.04 Å². The summed E-state index contributed by atoms with van der Waals surface area (Å²) >= 11 is 0. The smallest absolute Gasteiger partial charge is 0.0626 e. The molecule has 0 saturated heterocycles. The Hall–Kier alpha value is -0.903. The van der Waals surface area contributed by atoms with Gasteiger partial charge < -0.3 is 10.4 Å². The highest BCUT2D eigenvalue weighted by molar-refractivity contribution is 6.76. The molecule has 1 aromatic carbocycles. The van der Waals surface area contributed by atoms with Crippen LogP contribution in [0.25, 0.3) is 0 Å². The van der Waals surface area contributed by atoms with Crippen molar-refractivity contribution in [3.05, 3.63) is 48.0 Å². The van der Waals surface area contributed by atoms with Crippen LogP contribution in [0.3, 0.4) is 0 Å². The van der Waals surface area contributed by atoms with E-state index in [2.05, 4.69) is 49.2 Å². The van der Waals surface area contributed by atoms with Crippen LogP contribution in [0.15, 0.2) is 42.5 Å². The monoisotopic (exact) mass is 291 g/mol. The third-order valence-electron chi connectivity index (χ3n) is 3.22. The van der Waals surface area contributed by atoms with E-state index in [1.807, 2.05) is 18.2 Å². The van der Waals surface area contributed by atoms with Crippen molar-refractivity contribution in [2.75, 3.05) is 13.2 Å². The van der Waals surface area contributed by atoms with Crippen molar-refractivity contribution in [2.24, 2.45) is 0 Å². The van der Waals surface area contributed by atoms with Crippen molar-refractivity contribution < 1.29 is 5.11 Å². The summed E-state index contributed by atoms with van der Waals surface area (Å²) in [4.78, 5) is 0. The minimum absolute atomic E-state index is 0.0576. The van der Waals surface area contributed by atoms with Crippen molar-refractivity contribution in [2.45, 2.75) is 44.6 Å². The molecule has 0 aliphatic rings. The molecule has 0 heterocycles. The number of hydrogen-bond acceptors (Lipinski definition) is 2. The normalized spacial score (nSPS) is 13.8. The summed E-state index contributed by atoms with van der Waals surface area (Å²) in [5.41, 5.74) is 1.16. The van der Waals surface area contributed by atoms with Gasteiger partial charge in [0, 0.05) is 8.07 Å². The highest BCUT2D eigenvalue weighted by Gasteiger charge is 2.09. The molecule has 2 nitrogen and oxygen atoms in total. The zero-order valence-corrected chi connectivity index (χ0v) is 14.1. The molecule has 20 heavy (non-hydrogen) atoms. The van der Waals surface area contributed by atoms with Crippen LogP contribution in [0, 0.1) is 0 Å². The standard InChI is InChI=1S/C17H29NOSi/c1-20(2,3)14-10-5-4-9-13-18-17(15-19)16-11-7-6-8-12-16/h5-8,10-12,17-19H,4,9,13-15H2,1-3H3/b10-5-/t17-/m0/s1. The summed E-state index contributed by atoms with van der Waals surface area (Å²) in [7, 11) is -0.929. The fourth-order valence-corrected chi connectivity index (χ4v) is 2.90. The second-order valence-electron chi connectivity index (χ2n) is 6.48. The highest BCUT2D eigenvalue weighted by atomic mass is 28.3. The lowest BCUT2D eigenvalue weighted by atomic mass is 10.1. The van der Waals surface area contributed by atoms with Crippen molar-refractivity contribution in [1.29, 1.82) is 0 Å². The van der Waals surface area contributed by atoms with Gasteiger partial charge in [-0.2, -0.15) is 0 Å². The lowest BCUT2D eigenvalue weighted by Gasteiger charge is -2.16. The molecule has 112 valence electrons. The number of aliphatic hydroxyl groups is 1. The summed E-state index contributed by atoms with van der Waals surface area (Å²) in [6.07, 6.45) is 6.87. The van der Waals surface area contributed by atoms with Gasteiger partial charge in [-0.25, -0.2) is 0 Å². The summed E-state index contributed by atoms with van der Waals surface area (Å²) in [5.74, 6) is 0. The SMILES string of the molecule is C[Si](C)(C)C/C=C\CCCN[C@@H](CO)c1ccccc1. The maximum Gasteiger partial charge on any atom is 0.0626 e. The maximum atomic E-state index is 9.44. The van der Waals surface area contributed by atoms with Crippen molar-refractivity contribution in [3.63, 3.8) is 0 Å². The molecule has 0 radical (unpaired) electrons. The summed E-state index contributed by atoms with van der Waals surface area (Å²) in [6.45, 7) is 8.27. The Morgan fingerprint density at radius 2 is 1.85 bits per heavy atom. The average molecular weight is 292 g/mol. The van der Waals surface area contributed by atoms with Gasteiger partial charge >= 0.3 is 0 Å². The van der Waals surface area contributed by atoms with E-state index in [9.17, 15) is 5.11 Å². The van der Waals surface area contributed by atoms with Gasteiger partial charge in [-0.3, -0.25) is 0 Å². The second kappa shape index (κ2) is 9.11. The quantitative estimate of drug-likeness (QED) is 0.410. The zero-order valence-electron chi connectivity index (χ0n) is 13.1. The van der Waals surface area contributed by atoms with Crippen molar-refractivity contribution in [3.8, 4) is 0 Å². The molecule has 0 fully saturated rings. The fraction of sp³-hybridized carbons (Fsp3) is 0.529. The van der Waals surface area contributed by atoms with Crippen LogP contribution in [0.1, 0.15) is 24.4 Å². The van der Waals surface area contributed by atoms with Crippen LogP contribution in [0.2, 0.25) is 25.7 Å². The van der Waals surface area contributed by atoms with E-state index < -0.39 is 8.07 Å². The first-order valence-corrected chi connectivity index (χ1v) is 11.3. The molecule has 2 N–H and O–H groups in total. The van der Waals surface area contributed by atoms with E-state index in [0.717, 1.165) is 24.9 Å². The molecule has 0 unspecified atom stereocenters. The zero-order chi connectivity index (χ0) is 14.8. The minimum Gasteiger partial charge on any atom is -0.394 e. The van der Waals surface area contributed by atoms with Gasteiger partial charge in [0.1, 0.15) is 0 Å². The van der Waals surface area contributed by atoms with Crippen LogP contribution in [0.5, 0.6) is 0 Å². The van der Waals surface area contributed by atoms with Gasteiger partial charge in [0.25, 0.3) is 0 Å². The molecule has 0 bridgehead atoms. The Morgan fingerprint density at radius 1 is 1.15 bits per heavy atom. The van der Waals surface area contributed by atoms with Gasteiger partial charge in [-0.1, -0.05) is 62.1 Å². The van der Waals surface area contributed by atoms with Gasteiger partial charge in [0.2, 0.25) is 0 Å². The molecule has 1 aromatic rings. The van der Waals surface area contributed by atoms with Crippen molar-refractivity contribution >= 4 is 8.07 Å². The largest absolute Gasteiger partial charge is 0.394 e. The summed E-state index contributed by atoms with van der Waals surface area (Å²) < 4.78 is 0. The van der Waals surface area contributed by atoms with Gasteiger partial charge in [0.15, 0.2) is 0 Å². The van der Waals surface area contributed by atoms with E-state index in [0.29, 0.717) is 0 Å². The van der Waals surface area contributed by atoms with Crippen LogP contribution < -0.4 is 5.32 Å². The molecule has 0 aliphatic carbocycles. The van der Waals surface area contributed by atoms with E-state index in [-0.39, 0.29) is 12.6 Å². The molecule has 1 atom stereocenters. The van der Waals surface area contributed by atoms with Gasteiger partial charge in [-0.15, -0.1) is 0 Å². The molecular formula is C17H29NOSi. The average Bonchev–Trinajstić information content (AvgIpc) is 2.42. The number of benzene rings is 1. The fourth-order valence-electron chi connectivity index (χ4n) is 2.02. The minimum atomic E-state index is -0.929. The Morgan fingerprint density at radius 3 is 2.45 bits per heavy atom. The Bertz CT molecular complexity index is 384. The molecule has 0 aromatic heterocycles. The number of unbranched alkanes of at least 4 members (excludes halogenated alkanes) is 1. The number of aliphatic hydroxyl groups excluding tert-OH is 1. The maximum absolute atomic E-state index is 9.44. The van der Waals surface area contributed by atoms with Crippen LogP contribution in [-0.2, 0) is 0 Å². The first-order chi connectivity index (χ1) is 9.53. The van der Waals surface area contributed by atoms with Crippen molar-refractivity contribution in [1.82, 2.24) is 5.32 Å². The summed E-state index contributed by atoms with van der Waals surface area (Å²) in [5, 5.41) is 12.9.